The first-order valence-corrected chi connectivity index (χ1v) is 8.57. The van der Waals surface area contributed by atoms with Crippen molar-refractivity contribution in [1.82, 2.24) is 14.5 Å². The fourth-order valence-electron chi connectivity index (χ4n) is 2.21. The zero-order chi connectivity index (χ0) is 15.2. The lowest BCUT2D eigenvalue weighted by atomic mass is 10.2. The van der Waals surface area contributed by atoms with Crippen LogP contribution in [-0.2, 0) is 16.6 Å². The average Bonchev–Trinajstić information content (AvgIpc) is 2.65. The first-order valence-electron chi connectivity index (χ1n) is 7.08. The largest absolute Gasteiger partial charge is 0.394 e. The standard InChI is InChI=1S/C13H25N3O3S/c1-4-5-6-7-8-14-20(18,19)13-11(2)15-16(9-10-17)12(13)3/h14,17H,4-10H2,1-3H3. The van der Waals surface area contributed by atoms with Crippen molar-refractivity contribution in [2.75, 3.05) is 13.2 Å². The van der Waals surface area contributed by atoms with Gasteiger partial charge in [0.25, 0.3) is 0 Å². The van der Waals surface area contributed by atoms with Crippen molar-refractivity contribution in [2.24, 2.45) is 0 Å². The van der Waals surface area contributed by atoms with E-state index in [4.69, 9.17) is 5.11 Å². The van der Waals surface area contributed by atoms with E-state index in [-0.39, 0.29) is 11.5 Å². The second-order valence-corrected chi connectivity index (χ2v) is 6.61. The molecular weight excluding hydrogens is 278 g/mol. The molecule has 20 heavy (non-hydrogen) atoms. The van der Waals surface area contributed by atoms with Crippen LogP contribution in [0.1, 0.15) is 44.0 Å². The van der Waals surface area contributed by atoms with Gasteiger partial charge in [0, 0.05) is 6.54 Å². The molecule has 0 unspecified atom stereocenters. The number of sulfonamides is 1. The Bertz CT molecular complexity index is 523. The third kappa shape index (κ3) is 4.29. The zero-order valence-electron chi connectivity index (χ0n) is 12.5. The summed E-state index contributed by atoms with van der Waals surface area (Å²) in [6.45, 7) is 6.19. The molecule has 1 aromatic heterocycles. The summed E-state index contributed by atoms with van der Waals surface area (Å²) in [6, 6.07) is 0. The quantitative estimate of drug-likeness (QED) is 0.674. The number of hydrogen-bond donors (Lipinski definition) is 2. The maximum Gasteiger partial charge on any atom is 0.244 e. The van der Waals surface area contributed by atoms with Gasteiger partial charge in [0.05, 0.1) is 24.5 Å². The predicted molar refractivity (Wildman–Crippen MR) is 78.1 cm³/mol. The van der Waals surface area contributed by atoms with Crippen molar-refractivity contribution in [3.05, 3.63) is 11.4 Å². The van der Waals surface area contributed by atoms with Gasteiger partial charge in [0.1, 0.15) is 4.90 Å². The van der Waals surface area contributed by atoms with E-state index < -0.39 is 10.0 Å². The zero-order valence-corrected chi connectivity index (χ0v) is 13.3. The minimum Gasteiger partial charge on any atom is -0.394 e. The third-order valence-corrected chi connectivity index (χ3v) is 4.93. The second-order valence-electron chi connectivity index (χ2n) is 4.91. The SMILES string of the molecule is CCCCCCNS(=O)(=O)c1c(C)nn(CCO)c1C. The molecule has 1 aromatic rings. The van der Waals surface area contributed by atoms with E-state index >= 15 is 0 Å². The van der Waals surface area contributed by atoms with Crippen LogP contribution in [0.5, 0.6) is 0 Å². The number of aryl methyl sites for hydroxylation is 1. The maximum absolute atomic E-state index is 12.3. The van der Waals surface area contributed by atoms with Crippen molar-refractivity contribution in [2.45, 2.75) is 57.9 Å². The lowest BCUT2D eigenvalue weighted by Crippen LogP contribution is -2.26. The summed E-state index contributed by atoms with van der Waals surface area (Å²) in [7, 11) is -3.52. The van der Waals surface area contributed by atoms with E-state index in [1.165, 1.54) is 4.68 Å². The van der Waals surface area contributed by atoms with E-state index in [9.17, 15) is 8.42 Å². The number of nitrogens with one attached hydrogen (secondary N) is 1. The summed E-state index contributed by atoms with van der Waals surface area (Å²) >= 11 is 0. The molecule has 0 spiro atoms. The van der Waals surface area contributed by atoms with Crippen LogP contribution in [0.3, 0.4) is 0 Å². The van der Waals surface area contributed by atoms with Gasteiger partial charge in [-0.25, -0.2) is 13.1 Å². The highest BCUT2D eigenvalue weighted by Gasteiger charge is 2.23. The van der Waals surface area contributed by atoms with Crippen LogP contribution < -0.4 is 4.72 Å². The maximum atomic E-state index is 12.3. The van der Waals surface area contributed by atoms with Crippen LogP contribution in [0.15, 0.2) is 4.90 Å². The predicted octanol–water partition coefficient (Wildman–Crippen LogP) is 1.35. The molecular formula is C13H25N3O3S. The molecule has 1 heterocycles. The van der Waals surface area contributed by atoms with Gasteiger partial charge in [-0.05, 0) is 20.3 Å². The molecule has 7 heteroatoms. The van der Waals surface area contributed by atoms with Crippen molar-refractivity contribution in [3.63, 3.8) is 0 Å². The van der Waals surface area contributed by atoms with Crippen LogP contribution in [0.2, 0.25) is 0 Å². The van der Waals surface area contributed by atoms with Gasteiger partial charge in [0.2, 0.25) is 10.0 Å². The first kappa shape index (κ1) is 17.1. The molecule has 0 bridgehead atoms. The van der Waals surface area contributed by atoms with Crippen molar-refractivity contribution in [3.8, 4) is 0 Å². The second kappa shape index (κ2) is 7.75. The van der Waals surface area contributed by atoms with E-state index in [1.807, 2.05) is 0 Å². The van der Waals surface area contributed by atoms with Crippen LogP contribution in [0.25, 0.3) is 0 Å². The molecule has 0 atom stereocenters. The lowest BCUT2D eigenvalue weighted by molar-refractivity contribution is 0.267. The van der Waals surface area contributed by atoms with Gasteiger partial charge in [-0.1, -0.05) is 26.2 Å². The molecule has 0 radical (unpaired) electrons. The number of rotatable bonds is 9. The minimum absolute atomic E-state index is 0.0636. The highest BCUT2D eigenvalue weighted by atomic mass is 32.2. The molecule has 0 saturated carbocycles. The Kier molecular flexibility index (Phi) is 6.64. The highest BCUT2D eigenvalue weighted by Crippen LogP contribution is 2.19. The molecule has 0 amide bonds. The van der Waals surface area contributed by atoms with Crippen LogP contribution in [0.4, 0.5) is 0 Å². The topological polar surface area (TPSA) is 84.2 Å². The Morgan fingerprint density at radius 1 is 1.25 bits per heavy atom. The van der Waals surface area contributed by atoms with Crippen LogP contribution in [-0.4, -0.2) is 36.5 Å². The Morgan fingerprint density at radius 2 is 1.95 bits per heavy atom. The fourth-order valence-corrected chi connectivity index (χ4v) is 3.69. The number of hydrogen-bond acceptors (Lipinski definition) is 4. The molecule has 0 saturated heterocycles. The molecule has 116 valence electrons. The van der Waals surface area contributed by atoms with Crippen molar-refractivity contribution < 1.29 is 13.5 Å². The van der Waals surface area contributed by atoms with Crippen LogP contribution >= 0.6 is 0 Å². The summed E-state index contributed by atoms with van der Waals surface area (Å²) in [4.78, 5) is 0.237. The van der Waals surface area contributed by atoms with Gasteiger partial charge in [-0.15, -0.1) is 0 Å². The monoisotopic (exact) mass is 303 g/mol. The highest BCUT2D eigenvalue weighted by molar-refractivity contribution is 7.89. The Labute approximate surface area is 121 Å². The lowest BCUT2D eigenvalue weighted by Gasteiger charge is -2.07. The van der Waals surface area contributed by atoms with Gasteiger partial charge in [0.15, 0.2) is 0 Å². The molecule has 0 aliphatic heterocycles. The summed E-state index contributed by atoms with van der Waals surface area (Å²) in [6.07, 6.45) is 4.11. The Morgan fingerprint density at radius 3 is 2.55 bits per heavy atom. The summed E-state index contributed by atoms with van der Waals surface area (Å²) in [5.74, 6) is 0. The van der Waals surface area contributed by atoms with E-state index in [1.54, 1.807) is 13.8 Å². The summed E-state index contributed by atoms with van der Waals surface area (Å²) in [5.41, 5.74) is 1.04. The minimum atomic E-state index is -3.52. The van der Waals surface area contributed by atoms with Gasteiger partial charge < -0.3 is 5.11 Å². The Balaban J connectivity index is 2.77. The third-order valence-electron chi connectivity index (χ3n) is 3.22. The van der Waals surface area contributed by atoms with Gasteiger partial charge >= 0.3 is 0 Å². The van der Waals surface area contributed by atoms with Gasteiger partial charge in [-0.3, -0.25) is 4.68 Å². The summed E-state index contributed by atoms with van der Waals surface area (Å²) in [5, 5.41) is 13.1. The molecule has 2 N–H and O–H groups in total. The smallest absolute Gasteiger partial charge is 0.244 e. The molecule has 6 nitrogen and oxygen atoms in total. The van der Waals surface area contributed by atoms with E-state index in [2.05, 4.69) is 16.7 Å². The molecule has 0 fully saturated rings. The van der Waals surface area contributed by atoms with Crippen molar-refractivity contribution >= 4 is 10.0 Å². The number of aliphatic hydroxyl groups is 1. The molecule has 0 aliphatic rings. The van der Waals surface area contributed by atoms with Crippen molar-refractivity contribution in [1.29, 1.82) is 0 Å². The molecule has 0 aliphatic carbocycles. The summed E-state index contributed by atoms with van der Waals surface area (Å²) < 4.78 is 28.8. The first-order chi connectivity index (χ1) is 9.44. The number of unbranched alkanes of at least 4 members (excludes halogenated alkanes) is 3. The average molecular weight is 303 g/mol. The van der Waals surface area contributed by atoms with E-state index in [0.29, 0.717) is 24.5 Å². The number of nitrogens with zero attached hydrogens (tertiary/aromatic N) is 2. The number of aromatic nitrogens is 2. The van der Waals surface area contributed by atoms with Crippen LogP contribution in [0, 0.1) is 13.8 Å². The Hall–Kier alpha value is -0.920. The van der Waals surface area contributed by atoms with E-state index in [0.717, 1.165) is 25.7 Å². The number of aliphatic hydroxyl groups excluding tert-OH is 1. The molecule has 1 rings (SSSR count). The van der Waals surface area contributed by atoms with Gasteiger partial charge in [-0.2, -0.15) is 5.10 Å². The fraction of sp³-hybridized carbons (Fsp3) is 0.769. The molecule has 0 aromatic carbocycles. The normalized spacial score (nSPS) is 12.0.